The van der Waals surface area contributed by atoms with Crippen LogP contribution < -0.4 is 5.32 Å². The summed E-state index contributed by atoms with van der Waals surface area (Å²) in [5, 5.41) is 7.21. The maximum atomic E-state index is 12.2. The molecular weight excluding hydrogens is 262 g/mol. The lowest BCUT2D eigenvalue weighted by molar-refractivity contribution is 0.0937. The van der Waals surface area contributed by atoms with Crippen LogP contribution in [0.25, 0.3) is 5.69 Å². The molecule has 1 aromatic heterocycles. The number of benzene rings is 1. The van der Waals surface area contributed by atoms with Crippen molar-refractivity contribution in [2.75, 3.05) is 0 Å². The number of aromatic nitrogens is 2. The number of hydrogen-bond donors (Lipinski definition) is 1. The van der Waals surface area contributed by atoms with Crippen LogP contribution in [0.4, 0.5) is 0 Å². The first kappa shape index (κ1) is 15.3. The van der Waals surface area contributed by atoms with Gasteiger partial charge in [-0.1, -0.05) is 13.8 Å². The van der Waals surface area contributed by atoms with Gasteiger partial charge < -0.3 is 5.32 Å². The lowest BCUT2D eigenvalue weighted by atomic mass is 10.0. The normalized spacial score (nSPS) is 12.4. The average molecular weight is 285 g/mol. The van der Waals surface area contributed by atoms with E-state index in [1.165, 1.54) is 0 Å². The number of rotatable bonds is 6. The van der Waals surface area contributed by atoms with Crippen molar-refractivity contribution in [3.63, 3.8) is 0 Å². The van der Waals surface area contributed by atoms with Crippen LogP contribution in [-0.2, 0) is 0 Å². The number of carbonyl (C=O) groups is 1. The molecule has 1 amide bonds. The lowest BCUT2D eigenvalue weighted by Gasteiger charge is -2.15. The van der Waals surface area contributed by atoms with Gasteiger partial charge in [-0.25, -0.2) is 4.68 Å². The Morgan fingerprint density at radius 3 is 2.48 bits per heavy atom. The van der Waals surface area contributed by atoms with Gasteiger partial charge in [0.15, 0.2) is 0 Å². The molecule has 0 aliphatic heterocycles. The fourth-order valence-corrected chi connectivity index (χ4v) is 2.15. The van der Waals surface area contributed by atoms with Crippen molar-refractivity contribution in [3.8, 4) is 5.69 Å². The Hall–Kier alpha value is -2.10. The van der Waals surface area contributed by atoms with Crippen molar-refractivity contribution in [2.24, 2.45) is 5.92 Å². The van der Waals surface area contributed by atoms with E-state index in [4.69, 9.17) is 0 Å². The predicted octanol–water partition coefficient (Wildman–Crippen LogP) is 3.43. The zero-order valence-corrected chi connectivity index (χ0v) is 12.9. The maximum Gasteiger partial charge on any atom is 0.251 e. The largest absolute Gasteiger partial charge is 0.350 e. The summed E-state index contributed by atoms with van der Waals surface area (Å²) in [6.07, 6.45) is 5.74. The van der Waals surface area contributed by atoms with Gasteiger partial charge in [-0.05, 0) is 56.0 Å². The number of carbonyl (C=O) groups excluding carboxylic acids is 1. The van der Waals surface area contributed by atoms with Gasteiger partial charge in [0.25, 0.3) is 5.91 Å². The first-order valence-corrected chi connectivity index (χ1v) is 7.47. The highest BCUT2D eigenvalue weighted by molar-refractivity contribution is 5.94. The topological polar surface area (TPSA) is 46.9 Å². The van der Waals surface area contributed by atoms with Gasteiger partial charge in [-0.15, -0.1) is 0 Å². The molecule has 1 unspecified atom stereocenters. The van der Waals surface area contributed by atoms with E-state index in [1.807, 2.05) is 36.5 Å². The summed E-state index contributed by atoms with van der Waals surface area (Å²) in [4.78, 5) is 12.2. The van der Waals surface area contributed by atoms with Gasteiger partial charge in [0, 0.05) is 24.0 Å². The molecule has 0 bridgehead atoms. The fourth-order valence-electron chi connectivity index (χ4n) is 2.15. The lowest BCUT2D eigenvalue weighted by Crippen LogP contribution is -2.32. The summed E-state index contributed by atoms with van der Waals surface area (Å²) in [5.74, 6) is 0.649. The molecule has 1 N–H and O–H groups in total. The Balaban J connectivity index is 1.94. The zero-order chi connectivity index (χ0) is 15.2. The Labute approximate surface area is 126 Å². The van der Waals surface area contributed by atoms with Gasteiger partial charge in [0.05, 0.1) is 5.69 Å². The minimum atomic E-state index is -0.0155. The van der Waals surface area contributed by atoms with E-state index >= 15 is 0 Å². The molecule has 0 aliphatic carbocycles. The second-order valence-corrected chi connectivity index (χ2v) is 5.84. The number of nitrogens with one attached hydrogen (secondary N) is 1. The average Bonchev–Trinajstić information content (AvgIpc) is 2.99. The van der Waals surface area contributed by atoms with E-state index in [-0.39, 0.29) is 11.9 Å². The van der Waals surface area contributed by atoms with E-state index in [1.54, 1.807) is 10.9 Å². The van der Waals surface area contributed by atoms with E-state index in [2.05, 4.69) is 31.2 Å². The van der Waals surface area contributed by atoms with Gasteiger partial charge in [-0.2, -0.15) is 5.10 Å². The van der Waals surface area contributed by atoms with Crippen LogP contribution in [0.15, 0.2) is 42.7 Å². The molecule has 0 saturated carbocycles. The minimum Gasteiger partial charge on any atom is -0.350 e. The quantitative estimate of drug-likeness (QED) is 0.884. The van der Waals surface area contributed by atoms with E-state index in [0.717, 1.165) is 18.5 Å². The third-order valence-electron chi connectivity index (χ3n) is 3.45. The highest BCUT2D eigenvalue weighted by atomic mass is 16.1. The number of nitrogens with zero attached hydrogens (tertiary/aromatic N) is 2. The highest BCUT2D eigenvalue weighted by Gasteiger charge is 2.10. The molecule has 1 heterocycles. The molecule has 0 aliphatic rings. The van der Waals surface area contributed by atoms with Gasteiger partial charge in [0.1, 0.15) is 0 Å². The fraction of sp³-hybridized carbons (Fsp3) is 0.412. The molecule has 0 saturated heterocycles. The second kappa shape index (κ2) is 7.07. The van der Waals surface area contributed by atoms with Crippen molar-refractivity contribution in [1.29, 1.82) is 0 Å². The number of hydrogen-bond acceptors (Lipinski definition) is 2. The molecule has 21 heavy (non-hydrogen) atoms. The summed E-state index contributed by atoms with van der Waals surface area (Å²) in [6, 6.07) is 9.55. The van der Waals surface area contributed by atoms with E-state index in [9.17, 15) is 4.79 Å². The van der Waals surface area contributed by atoms with Crippen molar-refractivity contribution < 1.29 is 4.79 Å². The predicted molar refractivity (Wildman–Crippen MR) is 84.6 cm³/mol. The van der Waals surface area contributed by atoms with Crippen molar-refractivity contribution in [1.82, 2.24) is 15.1 Å². The molecular formula is C17H23N3O. The molecule has 112 valence electrons. The van der Waals surface area contributed by atoms with Crippen LogP contribution in [0.1, 0.15) is 44.0 Å². The van der Waals surface area contributed by atoms with Gasteiger partial charge in [0.2, 0.25) is 0 Å². The summed E-state index contributed by atoms with van der Waals surface area (Å²) in [7, 11) is 0. The molecule has 1 aromatic carbocycles. The third-order valence-corrected chi connectivity index (χ3v) is 3.45. The van der Waals surface area contributed by atoms with Crippen molar-refractivity contribution in [3.05, 3.63) is 48.3 Å². The SMILES string of the molecule is CC(C)CCC(C)NC(=O)c1ccc(-n2cccn2)cc1. The van der Waals surface area contributed by atoms with E-state index < -0.39 is 0 Å². The van der Waals surface area contributed by atoms with Crippen LogP contribution >= 0.6 is 0 Å². The molecule has 4 heteroatoms. The molecule has 0 spiro atoms. The van der Waals surface area contributed by atoms with Crippen molar-refractivity contribution in [2.45, 2.75) is 39.7 Å². The Bertz CT molecular complexity index is 558. The van der Waals surface area contributed by atoms with Crippen molar-refractivity contribution >= 4 is 5.91 Å². The molecule has 2 aromatic rings. The Morgan fingerprint density at radius 2 is 1.90 bits per heavy atom. The zero-order valence-electron chi connectivity index (χ0n) is 12.9. The summed E-state index contributed by atoms with van der Waals surface area (Å²) in [5.41, 5.74) is 1.63. The summed E-state index contributed by atoms with van der Waals surface area (Å²) < 4.78 is 1.77. The molecule has 1 atom stereocenters. The second-order valence-electron chi connectivity index (χ2n) is 5.84. The standard InChI is InChI=1S/C17H23N3O/c1-13(2)5-6-14(3)19-17(21)15-7-9-16(10-8-15)20-12-4-11-18-20/h4,7-14H,5-6H2,1-3H3,(H,19,21). The summed E-state index contributed by atoms with van der Waals surface area (Å²) in [6.45, 7) is 6.45. The highest BCUT2D eigenvalue weighted by Crippen LogP contribution is 2.10. The first-order chi connectivity index (χ1) is 10.1. The Morgan fingerprint density at radius 1 is 1.19 bits per heavy atom. The molecule has 2 rings (SSSR count). The van der Waals surface area contributed by atoms with Crippen LogP contribution in [-0.4, -0.2) is 21.7 Å². The van der Waals surface area contributed by atoms with Crippen LogP contribution in [0.2, 0.25) is 0 Å². The molecule has 4 nitrogen and oxygen atoms in total. The van der Waals surface area contributed by atoms with E-state index in [0.29, 0.717) is 11.5 Å². The minimum absolute atomic E-state index is 0.0155. The van der Waals surface area contributed by atoms with Crippen LogP contribution in [0.5, 0.6) is 0 Å². The third kappa shape index (κ3) is 4.45. The smallest absolute Gasteiger partial charge is 0.251 e. The maximum absolute atomic E-state index is 12.2. The van der Waals surface area contributed by atoms with Gasteiger partial charge >= 0.3 is 0 Å². The molecule has 0 radical (unpaired) electrons. The van der Waals surface area contributed by atoms with Crippen LogP contribution in [0, 0.1) is 5.92 Å². The Kier molecular flexibility index (Phi) is 5.14. The molecule has 0 fully saturated rings. The monoisotopic (exact) mass is 285 g/mol. The first-order valence-electron chi connectivity index (χ1n) is 7.47. The number of amides is 1. The van der Waals surface area contributed by atoms with Gasteiger partial charge in [-0.3, -0.25) is 4.79 Å². The van der Waals surface area contributed by atoms with Crippen LogP contribution in [0.3, 0.4) is 0 Å². The summed E-state index contributed by atoms with van der Waals surface area (Å²) >= 11 is 0.